The molecule has 0 aliphatic rings. The standard InChI is InChI=1S/C16H12F3N3O2S/c17-16(18,19)11-1-3-12(4-2-11)20-13(23)5-6-14-21-15(22-24-14)10-7-8-25-9-10/h1-4,7-9H,5-6H2,(H,20,23). The van der Waals surface area contributed by atoms with Gasteiger partial charge in [-0.05, 0) is 35.7 Å². The molecule has 0 aliphatic heterocycles. The fourth-order valence-electron chi connectivity index (χ4n) is 2.05. The number of benzene rings is 1. The second-order valence-electron chi connectivity index (χ2n) is 5.15. The average molecular weight is 367 g/mol. The molecule has 0 radical (unpaired) electrons. The number of carbonyl (C=O) groups excluding carboxylic acids is 1. The van der Waals surface area contributed by atoms with Gasteiger partial charge in [0.05, 0.1) is 5.56 Å². The Labute approximate surface area is 144 Å². The Morgan fingerprint density at radius 3 is 2.60 bits per heavy atom. The molecule has 0 bridgehead atoms. The van der Waals surface area contributed by atoms with E-state index in [1.165, 1.54) is 23.5 Å². The van der Waals surface area contributed by atoms with Crippen LogP contribution in [0.15, 0.2) is 45.6 Å². The maximum Gasteiger partial charge on any atom is 0.416 e. The largest absolute Gasteiger partial charge is 0.416 e. The summed E-state index contributed by atoms with van der Waals surface area (Å²) >= 11 is 1.51. The topological polar surface area (TPSA) is 68.0 Å². The zero-order valence-corrected chi connectivity index (χ0v) is 13.5. The highest BCUT2D eigenvalue weighted by atomic mass is 32.1. The number of alkyl halides is 3. The number of anilines is 1. The minimum absolute atomic E-state index is 0.0757. The predicted molar refractivity (Wildman–Crippen MR) is 86.0 cm³/mol. The summed E-state index contributed by atoms with van der Waals surface area (Å²) in [7, 11) is 0. The summed E-state index contributed by atoms with van der Waals surface area (Å²) in [6, 6.07) is 6.11. The van der Waals surface area contributed by atoms with Gasteiger partial charge in [-0.2, -0.15) is 29.5 Å². The maximum absolute atomic E-state index is 12.5. The summed E-state index contributed by atoms with van der Waals surface area (Å²) in [5, 5.41) is 10.1. The van der Waals surface area contributed by atoms with Crippen molar-refractivity contribution >= 4 is 22.9 Å². The van der Waals surface area contributed by atoms with Gasteiger partial charge in [-0.15, -0.1) is 0 Å². The number of aromatic nitrogens is 2. The van der Waals surface area contributed by atoms with E-state index in [-0.39, 0.29) is 18.7 Å². The quantitative estimate of drug-likeness (QED) is 0.726. The van der Waals surface area contributed by atoms with Gasteiger partial charge in [-0.3, -0.25) is 4.79 Å². The smallest absolute Gasteiger partial charge is 0.339 e. The van der Waals surface area contributed by atoms with Crippen molar-refractivity contribution in [3.05, 3.63) is 52.5 Å². The van der Waals surface area contributed by atoms with Crippen LogP contribution >= 0.6 is 11.3 Å². The lowest BCUT2D eigenvalue weighted by Crippen LogP contribution is -2.13. The van der Waals surface area contributed by atoms with Gasteiger partial charge >= 0.3 is 6.18 Å². The molecule has 3 aromatic rings. The van der Waals surface area contributed by atoms with E-state index in [9.17, 15) is 18.0 Å². The summed E-state index contributed by atoms with van der Waals surface area (Å²) in [4.78, 5) is 16.1. The van der Waals surface area contributed by atoms with Crippen LogP contribution in [-0.2, 0) is 17.4 Å². The van der Waals surface area contributed by atoms with Gasteiger partial charge in [-0.25, -0.2) is 0 Å². The van der Waals surface area contributed by atoms with Crippen molar-refractivity contribution in [3.63, 3.8) is 0 Å². The first-order chi connectivity index (χ1) is 11.9. The number of nitrogens with zero attached hydrogens (tertiary/aromatic N) is 2. The molecule has 0 saturated carbocycles. The van der Waals surface area contributed by atoms with Crippen molar-refractivity contribution in [2.24, 2.45) is 0 Å². The third-order valence-corrected chi connectivity index (χ3v) is 3.99. The van der Waals surface area contributed by atoms with Crippen LogP contribution in [0.4, 0.5) is 18.9 Å². The monoisotopic (exact) mass is 367 g/mol. The van der Waals surface area contributed by atoms with Crippen molar-refractivity contribution in [1.82, 2.24) is 10.1 Å². The van der Waals surface area contributed by atoms with Crippen LogP contribution < -0.4 is 5.32 Å². The Balaban J connectivity index is 1.53. The fourth-order valence-corrected chi connectivity index (χ4v) is 2.69. The van der Waals surface area contributed by atoms with E-state index < -0.39 is 11.7 Å². The van der Waals surface area contributed by atoms with Gasteiger partial charge in [0.1, 0.15) is 0 Å². The third kappa shape index (κ3) is 4.44. The van der Waals surface area contributed by atoms with Crippen LogP contribution in [0.3, 0.4) is 0 Å². The minimum Gasteiger partial charge on any atom is -0.339 e. The molecule has 0 unspecified atom stereocenters. The first kappa shape index (κ1) is 17.2. The second-order valence-corrected chi connectivity index (χ2v) is 5.93. The Hall–Kier alpha value is -2.68. The molecule has 2 aromatic heterocycles. The minimum atomic E-state index is -4.40. The second kappa shape index (κ2) is 7.06. The van der Waals surface area contributed by atoms with Crippen molar-refractivity contribution in [2.45, 2.75) is 19.0 Å². The average Bonchev–Trinajstić information content (AvgIpc) is 3.24. The molecule has 5 nitrogen and oxygen atoms in total. The normalized spacial score (nSPS) is 11.5. The number of thiophene rings is 1. The van der Waals surface area contributed by atoms with Gasteiger partial charge in [-0.1, -0.05) is 5.16 Å². The molecule has 1 N–H and O–H groups in total. The number of amides is 1. The van der Waals surface area contributed by atoms with Crippen LogP contribution in [-0.4, -0.2) is 16.0 Å². The highest BCUT2D eigenvalue weighted by Crippen LogP contribution is 2.29. The molecule has 3 rings (SSSR count). The first-order valence-electron chi connectivity index (χ1n) is 7.24. The van der Waals surface area contributed by atoms with E-state index in [1.54, 1.807) is 0 Å². The van der Waals surface area contributed by atoms with Gasteiger partial charge < -0.3 is 9.84 Å². The number of halogens is 3. The van der Waals surface area contributed by atoms with Crippen LogP contribution in [0.25, 0.3) is 11.4 Å². The maximum atomic E-state index is 12.5. The number of hydrogen-bond donors (Lipinski definition) is 1. The summed E-state index contributed by atoms with van der Waals surface area (Å²) in [6.45, 7) is 0. The van der Waals surface area contributed by atoms with Gasteiger partial charge in [0, 0.05) is 29.5 Å². The van der Waals surface area contributed by atoms with Gasteiger partial charge in [0.25, 0.3) is 0 Å². The molecule has 25 heavy (non-hydrogen) atoms. The van der Waals surface area contributed by atoms with E-state index in [0.29, 0.717) is 17.4 Å². The lowest BCUT2D eigenvalue weighted by atomic mass is 10.2. The number of rotatable bonds is 5. The zero-order chi connectivity index (χ0) is 17.9. The highest BCUT2D eigenvalue weighted by molar-refractivity contribution is 7.08. The SMILES string of the molecule is O=C(CCc1nc(-c2ccsc2)no1)Nc1ccc(C(F)(F)F)cc1. The van der Waals surface area contributed by atoms with Gasteiger partial charge in [0.15, 0.2) is 0 Å². The van der Waals surface area contributed by atoms with Crippen LogP contribution in [0.5, 0.6) is 0 Å². The highest BCUT2D eigenvalue weighted by Gasteiger charge is 2.29. The lowest BCUT2D eigenvalue weighted by molar-refractivity contribution is -0.137. The summed E-state index contributed by atoms with van der Waals surface area (Å²) in [5.74, 6) is 0.429. The van der Waals surface area contributed by atoms with Crippen molar-refractivity contribution in [1.29, 1.82) is 0 Å². The molecule has 0 spiro atoms. The predicted octanol–water partition coefficient (Wildman–Crippen LogP) is 4.39. The fraction of sp³-hybridized carbons (Fsp3) is 0.188. The van der Waals surface area contributed by atoms with Gasteiger partial charge in [0.2, 0.25) is 17.6 Å². The molecule has 9 heteroatoms. The molecule has 0 aliphatic carbocycles. The molecule has 0 saturated heterocycles. The van der Waals surface area contributed by atoms with E-state index >= 15 is 0 Å². The first-order valence-corrected chi connectivity index (χ1v) is 8.18. The Morgan fingerprint density at radius 1 is 1.20 bits per heavy atom. The zero-order valence-electron chi connectivity index (χ0n) is 12.7. The summed E-state index contributed by atoms with van der Waals surface area (Å²) in [6.07, 6.45) is -4.09. The Morgan fingerprint density at radius 2 is 1.96 bits per heavy atom. The molecular weight excluding hydrogens is 355 g/mol. The molecule has 1 amide bonds. The van der Waals surface area contributed by atoms with Crippen LogP contribution in [0.1, 0.15) is 17.9 Å². The number of carbonyl (C=O) groups is 1. The number of nitrogens with one attached hydrogen (secondary N) is 1. The molecule has 1 aromatic carbocycles. The van der Waals surface area contributed by atoms with Crippen molar-refractivity contribution in [3.8, 4) is 11.4 Å². The molecule has 0 atom stereocenters. The third-order valence-electron chi connectivity index (χ3n) is 3.31. The van der Waals surface area contributed by atoms with E-state index in [4.69, 9.17) is 4.52 Å². The van der Waals surface area contributed by atoms with Crippen LogP contribution in [0, 0.1) is 0 Å². The van der Waals surface area contributed by atoms with Crippen LogP contribution in [0.2, 0.25) is 0 Å². The molecule has 130 valence electrons. The molecule has 2 heterocycles. The van der Waals surface area contributed by atoms with E-state index in [0.717, 1.165) is 17.7 Å². The molecular formula is C16H12F3N3O2S. The van der Waals surface area contributed by atoms with E-state index in [2.05, 4.69) is 15.5 Å². The number of hydrogen-bond acceptors (Lipinski definition) is 5. The van der Waals surface area contributed by atoms with E-state index in [1.807, 2.05) is 16.8 Å². The Bertz CT molecular complexity index is 842. The molecule has 0 fully saturated rings. The summed E-state index contributed by atoms with van der Waals surface area (Å²) in [5.41, 5.74) is 0.369. The summed E-state index contributed by atoms with van der Waals surface area (Å²) < 4.78 is 42.5. The lowest BCUT2D eigenvalue weighted by Gasteiger charge is -2.08. The van der Waals surface area contributed by atoms with Crippen molar-refractivity contribution < 1.29 is 22.5 Å². The van der Waals surface area contributed by atoms with Crippen molar-refractivity contribution in [2.75, 3.05) is 5.32 Å². The number of aryl methyl sites for hydroxylation is 1. The Kier molecular flexibility index (Phi) is 4.84.